The van der Waals surface area contributed by atoms with Crippen molar-refractivity contribution in [3.05, 3.63) is 59.7 Å². The molecule has 2 aromatic carbocycles. The molecular weight excluding hydrogens is 452 g/mol. The minimum absolute atomic E-state index is 0.0365. The van der Waals surface area contributed by atoms with E-state index in [-0.39, 0.29) is 49.8 Å². The van der Waals surface area contributed by atoms with E-state index in [0.717, 1.165) is 22.3 Å². The molecule has 0 spiro atoms. The third-order valence-electron chi connectivity index (χ3n) is 6.59. The summed E-state index contributed by atoms with van der Waals surface area (Å²) in [6, 6.07) is 16.0. The number of carbonyl (C=O) groups is 3. The maximum atomic E-state index is 12.7. The van der Waals surface area contributed by atoms with Gasteiger partial charge in [0, 0.05) is 43.9 Å². The topological polar surface area (TPSA) is 134 Å². The number of carboxylic acids is 1. The lowest BCUT2D eigenvalue weighted by Crippen LogP contribution is -2.47. The highest BCUT2D eigenvalue weighted by molar-refractivity contribution is 5.79. The molecule has 2 aliphatic rings. The normalized spacial score (nSPS) is 19.8. The number of benzene rings is 2. The van der Waals surface area contributed by atoms with Gasteiger partial charge in [0.25, 0.3) is 0 Å². The van der Waals surface area contributed by atoms with Crippen molar-refractivity contribution in [2.45, 2.75) is 37.3 Å². The van der Waals surface area contributed by atoms with Gasteiger partial charge < -0.3 is 30.3 Å². The number of hydrogen-bond donors (Lipinski definition) is 4. The Morgan fingerprint density at radius 3 is 2.37 bits per heavy atom. The van der Waals surface area contributed by atoms with Crippen molar-refractivity contribution in [2.24, 2.45) is 5.92 Å². The average molecular weight is 483 g/mol. The van der Waals surface area contributed by atoms with Crippen LogP contribution >= 0.6 is 0 Å². The first-order chi connectivity index (χ1) is 16.9. The zero-order valence-electron chi connectivity index (χ0n) is 19.3. The predicted molar refractivity (Wildman–Crippen MR) is 127 cm³/mol. The molecule has 0 aromatic heterocycles. The van der Waals surface area contributed by atoms with Crippen molar-refractivity contribution in [1.29, 1.82) is 0 Å². The number of ether oxygens (including phenoxy) is 2. The third kappa shape index (κ3) is 5.98. The first kappa shape index (κ1) is 24.7. The Labute approximate surface area is 203 Å². The summed E-state index contributed by atoms with van der Waals surface area (Å²) in [5.74, 6) is -1.90. The van der Waals surface area contributed by atoms with Crippen LogP contribution in [0.1, 0.15) is 36.3 Å². The van der Waals surface area contributed by atoms with Crippen LogP contribution in [0.3, 0.4) is 0 Å². The van der Waals surface area contributed by atoms with E-state index in [2.05, 4.69) is 34.9 Å². The van der Waals surface area contributed by atoms with Gasteiger partial charge in [-0.1, -0.05) is 48.5 Å². The van der Waals surface area contributed by atoms with E-state index < -0.39 is 18.2 Å². The third-order valence-corrected chi connectivity index (χ3v) is 6.59. The van der Waals surface area contributed by atoms with E-state index in [1.165, 1.54) is 0 Å². The first-order valence-corrected chi connectivity index (χ1v) is 11.8. The minimum atomic E-state index is -1.52. The standard InChI is InChI=1S/C26H30N2O7/c29-23(25(31)32)9-11-27-24(30)13-16-14-34-12-10-22(16)28-26(33)35-15-21-19-7-3-1-5-17(19)18-6-2-4-8-20(18)21/h1-8,16,21-23,29H,9-15H2,(H,27,30)(H,28,33)(H,31,32)/t16?,22?,23-/m0/s1. The van der Waals surface area contributed by atoms with Crippen LogP contribution in [0, 0.1) is 5.92 Å². The molecule has 1 aliphatic carbocycles. The number of aliphatic carboxylic acids is 1. The molecule has 0 saturated carbocycles. The number of amides is 2. The molecule has 3 atom stereocenters. The highest BCUT2D eigenvalue weighted by Crippen LogP contribution is 2.44. The number of nitrogens with one attached hydrogen (secondary N) is 2. The summed E-state index contributed by atoms with van der Waals surface area (Å²) in [6.07, 6.45) is -1.47. The van der Waals surface area contributed by atoms with Crippen molar-refractivity contribution in [2.75, 3.05) is 26.4 Å². The smallest absolute Gasteiger partial charge is 0.407 e. The molecule has 2 aromatic rings. The van der Waals surface area contributed by atoms with Gasteiger partial charge >= 0.3 is 12.1 Å². The van der Waals surface area contributed by atoms with Crippen LogP contribution in [-0.4, -0.2) is 66.7 Å². The zero-order chi connectivity index (χ0) is 24.8. The Balaban J connectivity index is 1.29. The first-order valence-electron chi connectivity index (χ1n) is 11.8. The minimum Gasteiger partial charge on any atom is -0.479 e. The number of carbonyl (C=O) groups excluding carboxylic acids is 2. The fourth-order valence-corrected chi connectivity index (χ4v) is 4.76. The summed E-state index contributed by atoms with van der Waals surface area (Å²) >= 11 is 0. The fourth-order valence-electron chi connectivity index (χ4n) is 4.76. The molecule has 1 saturated heterocycles. The van der Waals surface area contributed by atoms with Crippen LogP contribution in [0.4, 0.5) is 4.79 Å². The lowest BCUT2D eigenvalue weighted by molar-refractivity contribution is -0.147. The van der Waals surface area contributed by atoms with Gasteiger partial charge in [-0.05, 0) is 28.7 Å². The SMILES string of the molecule is O=C(CC1COCCC1NC(=O)OCC1c2ccccc2-c2ccccc21)NCC[C@H](O)C(=O)O. The van der Waals surface area contributed by atoms with Crippen LogP contribution in [-0.2, 0) is 19.1 Å². The van der Waals surface area contributed by atoms with Crippen molar-refractivity contribution >= 4 is 18.0 Å². The number of aliphatic hydroxyl groups is 1. The molecule has 4 rings (SSSR count). The predicted octanol–water partition coefficient (Wildman–Crippen LogP) is 2.27. The fraction of sp³-hybridized carbons (Fsp3) is 0.423. The highest BCUT2D eigenvalue weighted by atomic mass is 16.5. The summed E-state index contributed by atoms with van der Waals surface area (Å²) in [4.78, 5) is 35.6. The highest BCUT2D eigenvalue weighted by Gasteiger charge is 2.32. The summed E-state index contributed by atoms with van der Waals surface area (Å²) in [5.41, 5.74) is 4.58. The summed E-state index contributed by atoms with van der Waals surface area (Å²) in [6.45, 7) is 1.04. The van der Waals surface area contributed by atoms with Crippen LogP contribution in [0.2, 0.25) is 0 Å². The molecule has 1 aliphatic heterocycles. The van der Waals surface area contributed by atoms with E-state index in [4.69, 9.17) is 14.6 Å². The lowest BCUT2D eigenvalue weighted by atomic mass is 9.92. The number of aliphatic hydroxyl groups excluding tert-OH is 1. The average Bonchev–Trinajstić information content (AvgIpc) is 3.17. The van der Waals surface area contributed by atoms with Crippen LogP contribution in [0.5, 0.6) is 0 Å². The molecule has 2 unspecified atom stereocenters. The van der Waals surface area contributed by atoms with Crippen molar-refractivity contribution in [3.8, 4) is 11.1 Å². The molecular formula is C26H30N2O7. The number of carboxylic acid groups (broad SMARTS) is 1. The summed E-state index contributed by atoms with van der Waals surface area (Å²) in [7, 11) is 0. The van der Waals surface area contributed by atoms with Crippen molar-refractivity contribution in [1.82, 2.24) is 10.6 Å². The van der Waals surface area contributed by atoms with Crippen LogP contribution in [0.15, 0.2) is 48.5 Å². The van der Waals surface area contributed by atoms with Gasteiger partial charge in [-0.25, -0.2) is 9.59 Å². The second-order valence-corrected chi connectivity index (χ2v) is 8.90. The van der Waals surface area contributed by atoms with E-state index >= 15 is 0 Å². The molecule has 1 heterocycles. The van der Waals surface area contributed by atoms with Gasteiger partial charge in [0.2, 0.25) is 5.91 Å². The molecule has 9 heteroatoms. The van der Waals surface area contributed by atoms with Gasteiger partial charge in [-0.15, -0.1) is 0 Å². The van der Waals surface area contributed by atoms with Crippen LogP contribution in [0.25, 0.3) is 11.1 Å². The van der Waals surface area contributed by atoms with E-state index in [1.807, 2.05) is 24.3 Å². The molecule has 35 heavy (non-hydrogen) atoms. The summed E-state index contributed by atoms with van der Waals surface area (Å²) in [5, 5.41) is 23.5. The van der Waals surface area contributed by atoms with Gasteiger partial charge in [0.15, 0.2) is 6.10 Å². The molecule has 2 amide bonds. The Kier molecular flexibility index (Phi) is 7.99. The lowest BCUT2D eigenvalue weighted by Gasteiger charge is -2.31. The Morgan fingerprint density at radius 2 is 1.71 bits per heavy atom. The maximum Gasteiger partial charge on any atom is 0.407 e. The quantitative estimate of drug-likeness (QED) is 0.431. The van der Waals surface area contributed by atoms with Crippen molar-refractivity contribution < 1.29 is 34.1 Å². The zero-order valence-corrected chi connectivity index (χ0v) is 19.3. The van der Waals surface area contributed by atoms with E-state index in [9.17, 15) is 19.5 Å². The second kappa shape index (κ2) is 11.3. The van der Waals surface area contributed by atoms with Gasteiger partial charge in [0.1, 0.15) is 6.61 Å². The van der Waals surface area contributed by atoms with Crippen LogP contribution < -0.4 is 10.6 Å². The molecule has 186 valence electrons. The largest absolute Gasteiger partial charge is 0.479 e. The molecule has 9 nitrogen and oxygen atoms in total. The molecule has 0 radical (unpaired) electrons. The molecule has 1 fully saturated rings. The number of hydrogen-bond acceptors (Lipinski definition) is 6. The monoisotopic (exact) mass is 482 g/mol. The van der Waals surface area contributed by atoms with E-state index in [1.54, 1.807) is 0 Å². The second-order valence-electron chi connectivity index (χ2n) is 8.90. The Morgan fingerprint density at radius 1 is 1.06 bits per heavy atom. The van der Waals surface area contributed by atoms with Gasteiger partial charge in [0.05, 0.1) is 6.61 Å². The number of rotatable bonds is 9. The molecule has 0 bridgehead atoms. The van der Waals surface area contributed by atoms with Crippen molar-refractivity contribution in [3.63, 3.8) is 0 Å². The number of alkyl carbamates (subject to hydrolysis) is 1. The van der Waals surface area contributed by atoms with Gasteiger partial charge in [-0.3, -0.25) is 4.79 Å². The van der Waals surface area contributed by atoms with Gasteiger partial charge in [-0.2, -0.15) is 0 Å². The Bertz CT molecular complexity index is 1030. The Hall–Kier alpha value is -3.43. The van der Waals surface area contributed by atoms with E-state index in [0.29, 0.717) is 19.6 Å². The maximum absolute atomic E-state index is 12.7. The summed E-state index contributed by atoms with van der Waals surface area (Å²) < 4.78 is 11.1. The molecule has 4 N–H and O–H groups in total. The number of fused-ring (bicyclic) bond motifs is 3.